The van der Waals surface area contributed by atoms with Crippen molar-refractivity contribution in [2.24, 2.45) is 27.7 Å². The van der Waals surface area contributed by atoms with Crippen molar-refractivity contribution < 1.29 is 9.33 Å². The molecule has 0 spiro atoms. The SMILES string of the molecule is CCCNCC1CCC(C2=C3C=NC=C[N+]3(N)C(c3cccc(OCc4ccccc4)c3)=N2)CC1. The number of nitrogens with two attached hydrogens (primary N) is 1. The molecule has 1 unspecified atom stereocenters. The Morgan fingerprint density at radius 2 is 1.89 bits per heavy atom. The van der Waals surface area contributed by atoms with Crippen LogP contribution in [0.25, 0.3) is 0 Å². The first-order valence-electron chi connectivity index (χ1n) is 12.9. The lowest BCUT2D eigenvalue weighted by atomic mass is 9.80. The van der Waals surface area contributed by atoms with Gasteiger partial charge in [-0.15, -0.1) is 4.59 Å². The molecule has 0 radical (unpaired) electrons. The van der Waals surface area contributed by atoms with Crippen LogP contribution in [0.15, 0.2) is 88.4 Å². The molecular weight excluding hydrogens is 434 g/mol. The molecule has 1 atom stereocenters. The molecule has 6 nitrogen and oxygen atoms in total. The van der Waals surface area contributed by atoms with Crippen molar-refractivity contribution in [3.05, 3.63) is 89.5 Å². The Bertz CT molecular complexity index is 1140. The molecule has 2 aliphatic heterocycles. The first kappa shape index (κ1) is 23.7. The Morgan fingerprint density at radius 1 is 1.06 bits per heavy atom. The quantitative estimate of drug-likeness (QED) is 0.297. The summed E-state index contributed by atoms with van der Waals surface area (Å²) in [4.78, 5) is 9.60. The zero-order valence-electron chi connectivity index (χ0n) is 20.6. The van der Waals surface area contributed by atoms with E-state index in [0.29, 0.717) is 12.5 Å². The van der Waals surface area contributed by atoms with Crippen LogP contribution in [0.3, 0.4) is 0 Å². The van der Waals surface area contributed by atoms with Gasteiger partial charge >= 0.3 is 0 Å². The van der Waals surface area contributed by atoms with Crippen LogP contribution in [-0.4, -0.2) is 29.7 Å². The summed E-state index contributed by atoms with van der Waals surface area (Å²) in [5.74, 6) is 9.79. The van der Waals surface area contributed by atoms with Gasteiger partial charge in [0.25, 0.3) is 5.84 Å². The van der Waals surface area contributed by atoms with Crippen LogP contribution in [0, 0.1) is 11.8 Å². The van der Waals surface area contributed by atoms with Crippen LogP contribution in [0.1, 0.15) is 50.2 Å². The molecule has 1 aliphatic carbocycles. The second-order valence-corrected chi connectivity index (χ2v) is 9.78. The summed E-state index contributed by atoms with van der Waals surface area (Å²) in [6.45, 7) is 4.97. The van der Waals surface area contributed by atoms with Crippen LogP contribution in [0.4, 0.5) is 0 Å². The summed E-state index contributed by atoms with van der Waals surface area (Å²) in [6.07, 6.45) is 11.5. The van der Waals surface area contributed by atoms with E-state index in [1.165, 1.54) is 19.3 Å². The van der Waals surface area contributed by atoms with Gasteiger partial charge in [-0.3, -0.25) is 4.99 Å². The smallest absolute Gasteiger partial charge is 0.265 e. The second kappa shape index (κ2) is 10.7. The van der Waals surface area contributed by atoms with E-state index in [1.54, 1.807) is 6.20 Å². The molecule has 1 fully saturated rings. The number of benzene rings is 2. The van der Waals surface area contributed by atoms with Crippen molar-refractivity contribution in [2.45, 2.75) is 45.6 Å². The van der Waals surface area contributed by atoms with E-state index >= 15 is 0 Å². The third kappa shape index (κ3) is 5.15. The number of rotatable bonds is 9. The number of nitrogens with zero attached hydrogens (tertiary/aromatic N) is 3. The van der Waals surface area contributed by atoms with Crippen LogP contribution in [0.5, 0.6) is 5.75 Å². The maximum atomic E-state index is 6.98. The summed E-state index contributed by atoms with van der Waals surface area (Å²) in [5.41, 5.74) is 4.21. The molecule has 2 aromatic rings. The van der Waals surface area contributed by atoms with Gasteiger partial charge in [-0.05, 0) is 74.9 Å². The number of ether oxygens (including phenoxy) is 1. The Morgan fingerprint density at radius 3 is 2.69 bits per heavy atom. The first-order valence-corrected chi connectivity index (χ1v) is 12.9. The molecule has 2 aromatic carbocycles. The maximum absolute atomic E-state index is 6.98. The number of amidine groups is 1. The van der Waals surface area contributed by atoms with E-state index in [1.807, 2.05) is 48.8 Å². The van der Waals surface area contributed by atoms with E-state index in [4.69, 9.17) is 15.6 Å². The fourth-order valence-corrected chi connectivity index (χ4v) is 5.30. The van der Waals surface area contributed by atoms with E-state index < -0.39 is 0 Å². The molecule has 0 saturated heterocycles. The molecule has 5 rings (SSSR count). The highest BCUT2D eigenvalue weighted by Crippen LogP contribution is 2.41. The minimum absolute atomic E-state index is 0.0684. The Labute approximate surface area is 208 Å². The molecule has 0 amide bonds. The Balaban J connectivity index is 1.34. The van der Waals surface area contributed by atoms with Crippen molar-refractivity contribution in [2.75, 3.05) is 13.1 Å². The van der Waals surface area contributed by atoms with Crippen LogP contribution in [0.2, 0.25) is 0 Å². The number of fused-ring (bicyclic) bond motifs is 1. The number of aliphatic imine (C=N–C) groups is 2. The van der Waals surface area contributed by atoms with Gasteiger partial charge in [0.15, 0.2) is 0 Å². The average molecular weight is 471 g/mol. The van der Waals surface area contributed by atoms with Gasteiger partial charge < -0.3 is 10.1 Å². The Hall–Kier alpha value is -3.06. The zero-order chi connectivity index (χ0) is 24.1. The van der Waals surface area contributed by atoms with Crippen molar-refractivity contribution in [1.82, 2.24) is 5.32 Å². The summed E-state index contributed by atoms with van der Waals surface area (Å²) in [6, 6.07) is 18.3. The summed E-state index contributed by atoms with van der Waals surface area (Å²) >= 11 is 0. The predicted octanol–water partition coefficient (Wildman–Crippen LogP) is 5.29. The standard InChI is InChI=1S/C29H36N5O/c1-2-15-31-19-22-11-13-24(14-12-22)28-27-20-32-16-17-34(27,30)29(33-28)25-9-6-10-26(18-25)35-21-23-7-4-3-5-8-23/h3-10,16-18,20,22,24,31H,2,11-15,19,21,30H2,1H3/q+1. The van der Waals surface area contributed by atoms with Crippen LogP contribution >= 0.6 is 0 Å². The van der Waals surface area contributed by atoms with Gasteiger partial charge in [-0.2, -0.15) is 10.8 Å². The lowest BCUT2D eigenvalue weighted by molar-refractivity contribution is -0.750. The molecule has 6 heteroatoms. The van der Waals surface area contributed by atoms with E-state index in [2.05, 4.69) is 35.4 Å². The third-order valence-corrected chi connectivity index (χ3v) is 7.26. The van der Waals surface area contributed by atoms with Gasteiger partial charge in [-0.25, -0.2) is 0 Å². The largest absolute Gasteiger partial charge is 0.489 e. The van der Waals surface area contributed by atoms with Crippen molar-refractivity contribution in [3.8, 4) is 5.75 Å². The van der Waals surface area contributed by atoms with Gasteiger partial charge in [0.1, 0.15) is 24.3 Å². The van der Waals surface area contributed by atoms with Crippen molar-refractivity contribution in [1.29, 1.82) is 0 Å². The molecule has 0 bridgehead atoms. The van der Waals surface area contributed by atoms with Crippen LogP contribution < -0.4 is 15.9 Å². The van der Waals surface area contributed by atoms with Gasteiger partial charge in [0, 0.05) is 5.92 Å². The summed E-state index contributed by atoms with van der Waals surface area (Å²) < 4.78 is 6.16. The third-order valence-electron chi connectivity index (χ3n) is 7.26. The summed E-state index contributed by atoms with van der Waals surface area (Å²) in [7, 11) is 0. The Kier molecular flexibility index (Phi) is 7.23. The van der Waals surface area contributed by atoms with E-state index in [-0.39, 0.29) is 4.59 Å². The lowest BCUT2D eigenvalue weighted by Crippen LogP contribution is -2.53. The lowest BCUT2D eigenvalue weighted by Gasteiger charge is -2.29. The van der Waals surface area contributed by atoms with Crippen molar-refractivity contribution >= 4 is 12.1 Å². The molecule has 2 heterocycles. The highest BCUT2D eigenvalue weighted by atomic mass is 16.5. The van der Waals surface area contributed by atoms with Gasteiger partial charge in [0.05, 0.1) is 18.0 Å². The molecule has 0 aromatic heterocycles. The average Bonchev–Trinajstić information content (AvgIpc) is 3.22. The molecule has 35 heavy (non-hydrogen) atoms. The molecule has 3 aliphatic rings. The molecule has 1 saturated carbocycles. The molecular formula is C29H36N5O+. The monoisotopic (exact) mass is 470 g/mol. The normalized spacial score (nSPS) is 25.5. The minimum atomic E-state index is 0.0684. The number of hydrogen-bond acceptors (Lipinski definition) is 5. The van der Waals surface area contributed by atoms with Crippen LogP contribution in [-0.2, 0) is 6.61 Å². The first-order chi connectivity index (χ1) is 17.2. The van der Waals surface area contributed by atoms with Gasteiger partial charge in [0.2, 0.25) is 5.70 Å². The van der Waals surface area contributed by atoms with Gasteiger partial charge in [-0.1, -0.05) is 43.3 Å². The number of quaternary nitrogens is 1. The minimum Gasteiger partial charge on any atom is -0.489 e. The van der Waals surface area contributed by atoms with E-state index in [9.17, 15) is 0 Å². The second-order valence-electron chi connectivity index (χ2n) is 9.78. The molecule has 182 valence electrons. The maximum Gasteiger partial charge on any atom is 0.265 e. The number of hydrogen-bond donors (Lipinski definition) is 2. The molecule has 3 N–H and O–H groups in total. The van der Waals surface area contributed by atoms with E-state index in [0.717, 1.165) is 66.0 Å². The zero-order valence-corrected chi connectivity index (χ0v) is 20.6. The fourth-order valence-electron chi connectivity index (χ4n) is 5.30. The highest BCUT2D eigenvalue weighted by molar-refractivity contribution is 6.00. The number of allylic oxidation sites excluding steroid dienone is 2. The summed E-state index contributed by atoms with van der Waals surface area (Å²) in [5, 5.41) is 3.59. The topological polar surface area (TPSA) is 72.0 Å². The predicted molar refractivity (Wildman–Crippen MR) is 141 cm³/mol. The highest BCUT2D eigenvalue weighted by Gasteiger charge is 2.46. The fraction of sp³-hybridized carbons (Fsp3) is 0.379. The van der Waals surface area contributed by atoms with Crippen molar-refractivity contribution in [3.63, 3.8) is 0 Å². The number of nitrogens with one attached hydrogen (secondary N) is 1.